The van der Waals surface area contributed by atoms with Crippen molar-refractivity contribution in [2.75, 3.05) is 6.61 Å². The average molecular weight is 274 g/mol. The van der Waals surface area contributed by atoms with Crippen LogP contribution in [0, 0.1) is 0 Å². The minimum absolute atomic E-state index is 0.820. The third-order valence-corrected chi connectivity index (χ3v) is 2.81. The lowest BCUT2D eigenvalue weighted by Crippen LogP contribution is -2.64. The zero-order chi connectivity index (χ0) is 13.4. The molecule has 0 aromatic carbocycles. The normalized spacial score (nSPS) is 43.6. The lowest BCUT2D eigenvalue weighted by molar-refractivity contribution is -0.340. The first kappa shape index (κ1) is 14.7. The Morgan fingerprint density at radius 2 is 1.82 bits per heavy atom. The van der Waals surface area contributed by atoms with E-state index in [-0.39, 0.29) is 0 Å². The summed E-state index contributed by atoms with van der Waals surface area (Å²) in [5.41, 5.74) is 0. The first-order chi connectivity index (χ1) is 7.54. The van der Waals surface area contributed by atoms with E-state index >= 15 is 0 Å². The highest BCUT2D eigenvalue weighted by Gasteiger charge is 2.50. The molecule has 17 heavy (non-hydrogen) atoms. The first-order valence-electron chi connectivity index (χ1n) is 4.61. The van der Waals surface area contributed by atoms with Gasteiger partial charge in [-0.1, -0.05) is 0 Å². The fourth-order valence-electron chi connectivity index (χ4n) is 1.46. The van der Waals surface area contributed by atoms with E-state index in [1.807, 2.05) is 0 Å². The van der Waals surface area contributed by atoms with E-state index in [0.29, 0.717) is 0 Å². The fourth-order valence-corrected chi connectivity index (χ4v) is 1.76. The van der Waals surface area contributed by atoms with Crippen LogP contribution in [0.1, 0.15) is 6.92 Å². The van der Waals surface area contributed by atoms with Gasteiger partial charge in [-0.3, -0.25) is 4.55 Å². The smallest absolute Gasteiger partial charge is 0.387 e. The molecule has 5 N–H and O–H groups in total. The summed E-state index contributed by atoms with van der Waals surface area (Å²) in [6, 6.07) is 0. The number of hydrogen-bond donors (Lipinski definition) is 5. The number of ether oxygens (including phenoxy) is 1. The highest BCUT2D eigenvalue weighted by atomic mass is 32.3. The van der Waals surface area contributed by atoms with E-state index in [1.165, 1.54) is 0 Å². The highest BCUT2D eigenvalue weighted by molar-refractivity contribution is 7.80. The SMILES string of the molecule is C[C@]1(O)O[C@H](COS(=O)(=O)O)[C@H](O)[C@H](O)[C@H]1O. The van der Waals surface area contributed by atoms with Crippen molar-refractivity contribution in [3.05, 3.63) is 0 Å². The lowest BCUT2D eigenvalue weighted by atomic mass is 9.94. The van der Waals surface area contributed by atoms with E-state index in [1.54, 1.807) is 0 Å². The molecule has 1 aliphatic rings. The molecule has 0 unspecified atom stereocenters. The maximum absolute atomic E-state index is 10.3. The molecule has 0 aromatic rings. The molecule has 0 bridgehead atoms. The summed E-state index contributed by atoms with van der Waals surface area (Å²) >= 11 is 0. The van der Waals surface area contributed by atoms with Gasteiger partial charge in [-0.2, -0.15) is 8.42 Å². The van der Waals surface area contributed by atoms with Crippen molar-refractivity contribution in [2.24, 2.45) is 0 Å². The van der Waals surface area contributed by atoms with E-state index in [9.17, 15) is 28.8 Å². The fraction of sp³-hybridized carbons (Fsp3) is 1.00. The van der Waals surface area contributed by atoms with E-state index < -0.39 is 47.2 Å². The van der Waals surface area contributed by atoms with Gasteiger partial charge < -0.3 is 25.2 Å². The second-order valence-electron chi connectivity index (χ2n) is 3.85. The van der Waals surface area contributed by atoms with Gasteiger partial charge in [-0.25, -0.2) is 4.18 Å². The van der Waals surface area contributed by atoms with Crippen LogP contribution < -0.4 is 0 Å². The summed E-state index contributed by atoms with van der Waals surface area (Å²) in [4.78, 5) is 0. The quantitative estimate of drug-likeness (QED) is 0.338. The molecule has 0 saturated carbocycles. The van der Waals surface area contributed by atoms with Gasteiger partial charge in [-0.05, 0) is 6.92 Å². The minimum atomic E-state index is -4.73. The van der Waals surface area contributed by atoms with Crippen LogP contribution in [0.2, 0.25) is 0 Å². The van der Waals surface area contributed by atoms with Crippen LogP contribution >= 0.6 is 0 Å². The summed E-state index contributed by atoms with van der Waals surface area (Å²) in [6.07, 6.45) is -6.61. The van der Waals surface area contributed by atoms with E-state index in [2.05, 4.69) is 4.18 Å². The molecule has 0 amide bonds. The standard InChI is InChI=1S/C7H14O9S/c1-7(11)6(10)5(9)4(8)3(16-7)2-15-17(12,13)14/h3-6,8-11H,2H2,1H3,(H,12,13,14)/t3-,4+,5+,6-,7+/m1/s1. The van der Waals surface area contributed by atoms with Crippen molar-refractivity contribution in [3.8, 4) is 0 Å². The van der Waals surface area contributed by atoms with Gasteiger partial charge in [0.25, 0.3) is 0 Å². The molecule has 0 aromatic heterocycles. The zero-order valence-electron chi connectivity index (χ0n) is 8.79. The molecule has 1 saturated heterocycles. The monoisotopic (exact) mass is 274 g/mol. The third kappa shape index (κ3) is 3.56. The molecule has 9 nitrogen and oxygen atoms in total. The van der Waals surface area contributed by atoms with Crippen molar-refractivity contribution in [1.82, 2.24) is 0 Å². The Hall–Kier alpha value is -0.330. The lowest BCUT2D eigenvalue weighted by Gasteiger charge is -2.43. The Labute approximate surface area is 97.2 Å². The van der Waals surface area contributed by atoms with Gasteiger partial charge in [0.2, 0.25) is 0 Å². The Morgan fingerprint density at radius 3 is 2.29 bits per heavy atom. The van der Waals surface area contributed by atoms with E-state index in [4.69, 9.17) is 9.29 Å². The third-order valence-electron chi connectivity index (χ3n) is 2.37. The molecule has 1 heterocycles. The van der Waals surface area contributed by atoms with Crippen LogP contribution in [-0.2, 0) is 19.3 Å². The number of hydrogen-bond acceptors (Lipinski definition) is 8. The zero-order valence-corrected chi connectivity index (χ0v) is 9.61. The Kier molecular flexibility index (Phi) is 4.11. The molecule has 0 spiro atoms. The summed E-state index contributed by atoms with van der Waals surface area (Å²) in [5, 5.41) is 37.7. The molecule has 102 valence electrons. The van der Waals surface area contributed by atoms with Crippen LogP contribution in [0.15, 0.2) is 0 Å². The van der Waals surface area contributed by atoms with Crippen LogP contribution in [0.3, 0.4) is 0 Å². The van der Waals surface area contributed by atoms with Crippen molar-refractivity contribution in [2.45, 2.75) is 37.1 Å². The van der Waals surface area contributed by atoms with Crippen LogP contribution in [0.5, 0.6) is 0 Å². The van der Waals surface area contributed by atoms with Gasteiger partial charge in [-0.15, -0.1) is 0 Å². The number of aliphatic hydroxyl groups is 4. The summed E-state index contributed by atoms with van der Waals surface area (Å²) in [5.74, 6) is -2.17. The van der Waals surface area contributed by atoms with Crippen LogP contribution in [-0.4, -0.2) is 70.2 Å². The van der Waals surface area contributed by atoms with Crippen LogP contribution in [0.4, 0.5) is 0 Å². The van der Waals surface area contributed by atoms with Gasteiger partial charge in [0.15, 0.2) is 5.79 Å². The Balaban J connectivity index is 2.73. The maximum atomic E-state index is 10.3. The first-order valence-corrected chi connectivity index (χ1v) is 5.97. The molecule has 0 radical (unpaired) electrons. The second kappa shape index (κ2) is 4.74. The summed E-state index contributed by atoms with van der Waals surface area (Å²) in [7, 11) is -4.73. The van der Waals surface area contributed by atoms with Gasteiger partial charge in [0.1, 0.15) is 24.4 Å². The molecular formula is C7H14O9S. The highest BCUT2D eigenvalue weighted by Crippen LogP contribution is 2.27. The van der Waals surface area contributed by atoms with Gasteiger partial charge >= 0.3 is 10.4 Å². The Morgan fingerprint density at radius 1 is 1.29 bits per heavy atom. The molecule has 1 fully saturated rings. The van der Waals surface area contributed by atoms with Crippen molar-refractivity contribution >= 4 is 10.4 Å². The topological polar surface area (TPSA) is 154 Å². The van der Waals surface area contributed by atoms with Gasteiger partial charge in [0.05, 0.1) is 6.61 Å². The predicted octanol–water partition coefficient (Wildman–Crippen LogP) is -3.00. The molecule has 0 aliphatic carbocycles. The predicted molar refractivity (Wildman–Crippen MR) is 51.0 cm³/mol. The minimum Gasteiger partial charge on any atom is -0.387 e. The molecule has 1 rings (SSSR count). The van der Waals surface area contributed by atoms with Gasteiger partial charge in [0, 0.05) is 0 Å². The molecule has 1 aliphatic heterocycles. The number of aliphatic hydroxyl groups excluding tert-OH is 3. The number of rotatable bonds is 3. The molecule has 10 heteroatoms. The van der Waals surface area contributed by atoms with Crippen molar-refractivity contribution in [3.63, 3.8) is 0 Å². The van der Waals surface area contributed by atoms with Crippen LogP contribution in [0.25, 0.3) is 0 Å². The largest absolute Gasteiger partial charge is 0.397 e. The molecular weight excluding hydrogens is 260 g/mol. The van der Waals surface area contributed by atoms with Crippen molar-refractivity contribution in [1.29, 1.82) is 0 Å². The summed E-state index contributed by atoms with van der Waals surface area (Å²) in [6.45, 7) is 0.202. The average Bonchev–Trinajstić information content (AvgIpc) is 2.17. The van der Waals surface area contributed by atoms with Crippen molar-refractivity contribution < 1.29 is 42.3 Å². The Bertz CT molecular complexity index is 364. The summed E-state index contributed by atoms with van der Waals surface area (Å²) < 4.78 is 37.7. The second-order valence-corrected chi connectivity index (χ2v) is 4.94. The molecule has 5 atom stereocenters. The maximum Gasteiger partial charge on any atom is 0.397 e. The van der Waals surface area contributed by atoms with E-state index in [0.717, 1.165) is 6.92 Å².